The van der Waals surface area contributed by atoms with Crippen molar-refractivity contribution in [2.24, 2.45) is 5.92 Å². The van der Waals surface area contributed by atoms with Crippen LogP contribution in [0.15, 0.2) is 24.3 Å². The number of piperidine rings is 1. The summed E-state index contributed by atoms with van der Waals surface area (Å²) in [5.41, 5.74) is 0.520. The first kappa shape index (κ1) is 22.2. The van der Waals surface area contributed by atoms with Crippen molar-refractivity contribution in [2.75, 3.05) is 32.8 Å². The molecule has 1 aliphatic heterocycles. The fourth-order valence-electron chi connectivity index (χ4n) is 3.44. The minimum Gasteiger partial charge on any atom is -0.494 e. The zero-order valence-electron chi connectivity index (χ0n) is 17.5. The summed E-state index contributed by atoms with van der Waals surface area (Å²) in [7, 11) is 0. The molecule has 0 saturated carbocycles. The molecule has 2 amide bonds. The van der Waals surface area contributed by atoms with E-state index in [9.17, 15) is 9.59 Å². The Morgan fingerprint density at radius 3 is 2.39 bits per heavy atom. The Morgan fingerprint density at radius 1 is 1.11 bits per heavy atom. The van der Waals surface area contributed by atoms with Crippen LogP contribution in [0.5, 0.6) is 5.75 Å². The highest BCUT2D eigenvalue weighted by atomic mass is 16.5. The van der Waals surface area contributed by atoms with E-state index in [1.54, 1.807) is 24.3 Å². The van der Waals surface area contributed by atoms with Crippen LogP contribution in [0.4, 0.5) is 0 Å². The molecule has 1 heterocycles. The molecule has 0 aromatic heterocycles. The van der Waals surface area contributed by atoms with Gasteiger partial charge in [0.15, 0.2) is 0 Å². The first-order valence-electron chi connectivity index (χ1n) is 10.5. The first-order valence-corrected chi connectivity index (χ1v) is 10.5. The number of hydrogen-bond donors (Lipinski definition) is 2. The molecule has 156 valence electrons. The van der Waals surface area contributed by atoms with Gasteiger partial charge in [-0.2, -0.15) is 0 Å². The number of amides is 2. The van der Waals surface area contributed by atoms with E-state index in [4.69, 9.17) is 4.74 Å². The van der Waals surface area contributed by atoms with Crippen LogP contribution in [0.25, 0.3) is 0 Å². The van der Waals surface area contributed by atoms with Gasteiger partial charge in [-0.05, 0) is 76.0 Å². The summed E-state index contributed by atoms with van der Waals surface area (Å²) < 4.78 is 5.40. The maximum absolute atomic E-state index is 12.6. The predicted octanol–water partition coefficient (Wildman–Crippen LogP) is 2.83. The highest BCUT2D eigenvalue weighted by Crippen LogP contribution is 2.13. The van der Waals surface area contributed by atoms with Crippen molar-refractivity contribution in [3.63, 3.8) is 0 Å². The maximum Gasteiger partial charge on any atom is 0.251 e. The molecule has 0 bridgehead atoms. The van der Waals surface area contributed by atoms with Crippen LogP contribution in [-0.4, -0.2) is 55.5 Å². The minimum absolute atomic E-state index is 0.00809. The molecule has 2 rings (SSSR count). The molecule has 1 fully saturated rings. The van der Waals surface area contributed by atoms with E-state index < -0.39 is 6.04 Å². The fourth-order valence-corrected chi connectivity index (χ4v) is 3.44. The number of hydrogen-bond acceptors (Lipinski definition) is 4. The number of carbonyl (C=O) groups excluding carboxylic acids is 2. The number of benzene rings is 1. The van der Waals surface area contributed by atoms with Crippen LogP contribution in [0, 0.1) is 5.92 Å². The molecule has 1 aliphatic rings. The third-order valence-corrected chi connectivity index (χ3v) is 5.06. The molecular weight excluding hydrogens is 354 g/mol. The molecule has 1 atom stereocenters. The lowest BCUT2D eigenvalue weighted by atomic mass is 10.0. The Labute approximate surface area is 169 Å². The summed E-state index contributed by atoms with van der Waals surface area (Å²) in [6.07, 6.45) is 4.82. The zero-order valence-corrected chi connectivity index (χ0v) is 17.5. The summed E-state index contributed by atoms with van der Waals surface area (Å²) in [6, 6.07) is 6.42. The van der Waals surface area contributed by atoms with Gasteiger partial charge >= 0.3 is 0 Å². The Balaban J connectivity index is 1.80. The number of nitrogens with one attached hydrogen (secondary N) is 2. The second-order valence-electron chi connectivity index (χ2n) is 7.70. The zero-order chi connectivity index (χ0) is 20.4. The van der Waals surface area contributed by atoms with Crippen LogP contribution in [0.3, 0.4) is 0 Å². The normalized spacial score (nSPS) is 15.9. The van der Waals surface area contributed by atoms with Crippen molar-refractivity contribution in [3.8, 4) is 5.75 Å². The third-order valence-electron chi connectivity index (χ3n) is 5.06. The summed E-state index contributed by atoms with van der Waals surface area (Å²) in [5, 5.41) is 5.86. The van der Waals surface area contributed by atoms with Gasteiger partial charge < -0.3 is 20.3 Å². The van der Waals surface area contributed by atoms with Crippen molar-refractivity contribution in [1.29, 1.82) is 0 Å². The third kappa shape index (κ3) is 7.15. The Bertz CT molecular complexity index is 610. The molecular formula is C22H35N3O3. The van der Waals surface area contributed by atoms with Crippen molar-refractivity contribution in [2.45, 2.75) is 52.5 Å². The van der Waals surface area contributed by atoms with E-state index in [-0.39, 0.29) is 17.7 Å². The molecule has 0 unspecified atom stereocenters. The van der Waals surface area contributed by atoms with E-state index >= 15 is 0 Å². The largest absolute Gasteiger partial charge is 0.494 e. The first-order chi connectivity index (χ1) is 13.5. The summed E-state index contributed by atoms with van der Waals surface area (Å²) in [5.74, 6) is 0.373. The van der Waals surface area contributed by atoms with Crippen molar-refractivity contribution >= 4 is 11.8 Å². The molecule has 0 spiro atoms. The smallest absolute Gasteiger partial charge is 0.251 e. The van der Waals surface area contributed by atoms with Gasteiger partial charge in [-0.25, -0.2) is 0 Å². The standard InChI is InChI=1S/C22H35N3O3/c1-4-28-19-11-9-18(10-12-19)21(26)24-20(17(2)3)22(27)23-13-8-16-25-14-6-5-7-15-25/h9-12,17,20H,4-8,13-16H2,1-3H3,(H,23,27)(H,24,26)/t20-/m1/s1. The monoisotopic (exact) mass is 389 g/mol. The van der Waals surface area contributed by atoms with Gasteiger partial charge in [0.1, 0.15) is 11.8 Å². The topological polar surface area (TPSA) is 70.7 Å². The molecule has 6 heteroatoms. The van der Waals surface area contributed by atoms with Crippen LogP contribution < -0.4 is 15.4 Å². The van der Waals surface area contributed by atoms with Gasteiger partial charge in [0.2, 0.25) is 5.91 Å². The maximum atomic E-state index is 12.6. The van der Waals surface area contributed by atoms with E-state index in [0.29, 0.717) is 18.7 Å². The van der Waals surface area contributed by atoms with E-state index in [1.807, 2.05) is 20.8 Å². The van der Waals surface area contributed by atoms with E-state index in [0.717, 1.165) is 18.7 Å². The van der Waals surface area contributed by atoms with Crippen LogP contribution in [0.1, 0.15) is 56.8 Å². The Kier molecular flexibility index (Phi) is 9.28. The Morgan fingerprint density at radius 2 is 1.79 bits per heavy atom. The Hall–Kier alpha value is -2.08. The summed E-state index contributed by atoms with van der Waals surface area (Å²) >= 11 is 0. The summed E-state index contributed by atoms with van der Waals surface area (Å²) in [6.45, 7) is 10.4. The lowest BCUT2D eigenvalue weighted by Crippen LogP contribution is -2.50. The van der Waals surface area contributed by atoms with Crippen molar-refractivity contribution in [3.05, 3.63) is 29.8 Å². The number of rotatable bonds is 10. The van der Waals surface area contributed by atoms with Gasteiger partial charge in [0.05, 0.1) is 6.61 Å². The highest BCUT2D eigenvalue weighted by Gasteiger charge is 2.24. The molecule has 2 N–H and O–H groups in total. The number of carbonyl (C=O) groups is 2. The molecule has 1 saturated heterocycles. The van der Waals surface area contributed by atoms with Gasteiger partial charge in [0, 0.05) is 12.1 Å². The van der Waals surface area contributed by atoms with E-state index in [1.165, 1.54) is 32.4 Å². The minimum atomic E-state index is -0.547. The SMILES string of the molecule is CCOc1ccc(C(=O)N[C@@H](C(=O)NCCCN2CCCCC2)C(C)C)cc1. The van der Waals surface area contributed by atoms with Crippen LogP contribution >= 0.6 is 0 Å². The number of nitrogens with zero attached hydrogens (tertiary/aromatic N) is 1. The molecule has 1 aromatic carbocycles. The van der Waals surface area contributed by atoms with Crippen LogP contribution in [0.2, 0.25) is 0 Å². The molecule has 6 nitrogen and oxygen atoms in total. The molecule has 28 heavy (non-hydrogen) atoms. The number of likely N-dealkylation sites (tertiary alicyclic amines) is 1. The number of ether oxygens (including phenoxy) is 1. The second kappa shape index (κ2) is 11.7. The van der Waals surface area contributed by atoms with Crippen LogP contribution in [-0.2, 0) is 4.79 Å². The average molecular weight is 390 g/mol. The van der Waals surface area contributed by atoms with Gasteiger partial charge in [-0.3, -0.25) is 9.59 Å². The lowest BCUT2D eigenvalue weighted by Gasteiger charge is -2.26. The highest BCUT2D eigenvalue weighted by molar-refractivity contribution is 5.97. The van der Waals surface area contributed by atoms with Crippen molar-refractivity contribution < 1.29 is 14.3 Å². The van der Waals surface area contributed by atoms with E-state index in [2.05, 4.69) is 15.5 Å². The van der Waals surface area contributed by atoms with Gasteiger partial charge in [-0.1, -0.05) is 20.3 Å². The van der Waals surface area contributed by atoms with Gasteiger partial charge in [-0.15, -0.1) is 0 Å². The lowest BCUT2D eigenvalue weighted by molar-refractivity contribution is -0.123. The molecule has 0 radical (unpaired) electrons. The van der Waals surface area contributed by atoms with Gasteiger partial charge in [0.25, 0.3) is 5.91 Å². The fraction of sp³-hybridized carbons (Fsp3) is 0.636. The predicted molar refractivity (Wildman–Crippen MR) is 112 cm³/mol. The average Bonchev–Trinajstić information content (AvgIpc) is 2.70. The second-order valence-corrected chi connectivity index (χ2v) is 7.70. The summed E-state index contributed by atoms with van der Waals surface area (Å²) in [4.78, 5) is 27.6. The quantitative estimate of drug-likeness (QED) is 0.604. The molecule has 1 aromatic rings. The molecule has 0 aliphatic carbocycles. The van der Waals surface area contributed by atoms with Crippen molar-refractivity contribution in [1.82, 2.24) is 15.5 Å².